The summed E-state index contributed by atoms with van der Waals surface area (Å²) in [6.45, 7) is -0.397. The van der Waals surface area contributed by atoms with Gasteiger partial charge < -0.3 is 31.8 Å². The molecule has 3 atom stereocenters. The number of aliphatic carboxylic acids is 1. The first-order valence-electron chi connectivity index (χ1n) is 13.3. The van der Waals surface area contributed by atoms with E-state index in [-0.39, 0.29) is 12.8 Å². The van der Waals surface area contributed by atoms with Gasteiger partial charge in [0, 0.05) is 29.9 Å². The van der Waals surface area contributed by atoms with Gasteiger partial charge in [0.15, 0.2) is 0 Å². The van der Waals surface area contributed by atoms with Crippen LogP contribution in [-0.2, 0) is 38.4 Å². The monoisotopic (exact) mass is 555 g/mol. The number of carboxylic acid groups (broad SMARTS) is 1. The Labute approximate surface area is 237 Å². The van der Waals surface area contributed by atoms with Crippen molar-refractivity contribution in [2.24, 2.45) is 5.73 Å². The molecule has 10 nitrogen and oxygen atoms in total. The maximum absolute atomic E-state index is 13.4. The summed E-state index contributed by atoms with van der Waals surface area (Å²) in [5.41, 5.74) is 9.27. The summed E-state index contributed by atoms with van der Waals surface area (Å²) in [6, 6.07) is 22.6. The van der Waals surface area contributed by atoms with Crippen molar-refractivity contribution in [2.45, 2.75) is 37.4 Å². The lowest BCUT2D eigenvalue weighted by Crippen LogP contribution is -2.55. The lowest BCUT2D eigenvalue weighted by Gasteiger charge is -2.22. The lowest BCUT2D eigenvalue weighted by atomic mass is 10.0. The first-order chi connectivity index (χ1) is 19.8. The van der Waals surface area contributed by atoms with Gasteiger partial charge in [0.1, 0.15) is 12.1 Å². The molecule has 212 valence electrons. The van der Waals surface area contributed by atoms with Crippen LogP contribution in [0.4, 0.5) is 0 Å². The molecule has 0 fully saturated rings. The minimum Gasteiger partial charge on any atom is -0.480 e. The SMILES string of the molecule is NC(Cc1ccccc1)C(=O)NCC(=O)NC(Cc1c[nH]c2ccccc12)C(=O)NC(Cc1ccccc1)C(=O)O. The third-order valence-corrected chi connectivity index (χ3v) is 6.71. The zero-order valence-corrected chi connectivity index (χ0v) is 22.4. The molecule has 41 heavy (non-hydrogen) atoms. The molecule has 7 N–H and O–H groups in total. The van der Waals surface area contributed by atoms with Crippen LogP contribution >= 0.6 is 0 Å². The van der Waals surface area contributed by atoms with Gasteiger partial charge in [-0.15, -0.1) is 0 Å². The molecule has 0 saturated carbocycles. The fourth-order valence-electron chi connectivity index (χ4n) is 4.56. The highest BCUT2D eigenvalue weighted by Gasteiger charge is 2.28. The van der Waals surface area contributed by atoms with Crippen LogP contribution in [0.25, 0.3) is 10.9 Å². The molecule has 1 aromatic heterocycles. The number of nitrogens with two attached hydrogens (primary N) is 1. The Hall–Kier alpha value is -4.96. The molecule has 10 heteroatoms. The van der Waals surface area contributed by atoms with E-state index in [2.05, 4.69) is 20.9 Å². The highest BCUT2D eigenvalue weighted by atomic mass is 16.4. The highest BCUT2D eigenvalue weighted by Crippen LogP contribution is 2.19. The summed E-state index contributed by atoms with van der Waals surface area (Å²) in [5.74, 6) is -2.96. The zero-order valence-electron chi connectivity index (χ0n) is 22.4. The minimum atomic E-state index is -1.21. The number of hydrogen-bond donors (Lipinski definition) is 6. The number of fused-ring (bicyclic) bond motifs is 1. The van der Waals surface area contributed by atoms with Crippen molar-refractivity contribution < 1.29 is 24.3 Å². The lowest BCUT2D eigenvalue weighted by molar-refractivity contribution is -0.142. The summed E-state index contributed by atoms with van der Waals surface area (Å²) in [7, 11) is 0. The first-order valence-corrected chi connectivity index (χ1v) is 13.3. The molecule has 1 heterocycles. The van der Waals surface area contributed by atoms with Crippen molar-refractivity contribution in [2.75, 3.05) is 6.54 Å². The number of nitrogens with one attached hydrogen (secondary N) is 4. The van der Waals surface area contributed by atoms with Gasteiger partial charge in [-0.3, -0.25) is 14.4 Å². The van der Waals surface area contributed by atoms with E-state index in [1.165, 1.54) is 0 Å². The summed E-state index contributed by atoms with van der Waals surface area (Å²) < 4.78 is 0. The first kappa shape index (κ1) is 29.0. The van der Waals surface area contributed by atoms with Crippen LogP contribution in [0.2, 0.25) is 0 Å². The molecular weight excluding hydrogens is 522 g/mol. The maximum atomic E-state index is 13.4. The molecule has 0 aliphatic rings. The molecule has 0 aliphatic heterocycles. The molecule has 4 aromatic rings. The van der Waals surface area contributed by atoms with Gasteiger partial charge in [-0.1, -0.05) is 78.9 Å². The maximum Gasteiger partial charge on any atom is 0.326 e. The summed E-state index contributed by atoms with van der Waals surface area (Å²) in [4.78, 5) is 53.9. The highest BCUT2D eigenvalue weighted by molar-refractivity contribution is 5.93. The van der Waals surface area contributed by atoms with Crippen molar-refractivity contribution in [3.63, 3.8) is 0 Å². The average Bonchev–Trinajstić information content (AvgIpc) is 3.38. The Bertz CT molecular complexity index is 1490. The Morgan fingerprint density at radius 1 is 0.732 bits per heavy atom. The van der Waals surface area contributed by atoms with Crippen LogP contribution in [0.1, 0.15) is 16.7 Å². The van der Waals surface area contributed by atoms with E-state index in [9.17, 15) is 24.3 Å². The number of H-pyrrole nitrogens is 1. The summed E-state index contributed by atoms with van der Waals surface area (Å²) in [6.07, 6.45) is 2.23. The Balaban J connectivity index is 1.43. The molecule has 0 saturated heterocycles. The fraction of sp³-hybridized carbons (Fsp3) is 0.226. The van der Waals surface area contributed by atoms with Gasteiger partial charge in [0.05, 0.1) is 12.6 Å². The number of carbonyl (C=O) groups is 4. The van der Waals surface area contributed by atoms with E-state index < -0.39 is 48.4 Å². The van der Waals surface area contributed by atoms with E-state index in [0.717, 1.165) is 27.6 Å². The fourth-order valence-corrected chi connectivity index (χ4v) is 4.56. The van der Waals surface area contributed by atoms with Crippen LogP contribution < -0.4 is 21.7 Å². The summed E-state index contributed by atoms with van der Waals surface area (Å²) in [5, 5.41) is 18.4. The van der Waals surface area contributed by atoms with Gasteiger partial charge in [-0.2, -0.15) is 0 Å². The molecule has 3 amide bonds. The zero-order chi connectivity index (χ0) is 29.2. The van der Waals surface area contributed by atoms with Gasteiger partial charge >= 0.3 is 5.97 Å². The van der Waals surface area contributed by atoms with Crippen LogP contribution in [0, 0.1) is 0 Å². The van der Waals surface area contributed by atoms with Crippen molar-refractivity contribution in [3.05, 3.63) is 108 Å². The number of amides is 3. The second-order valence-corrected chi connectivity index (χ2v) is 9.79. The number of rotatable bonds is 13. The largest absolute Gasteiger partial charge is 0.480 e. The minimum absolute atomic E-state index is 0.0744. The van der Waals surface area contributed by atoms with E-state index in [1.54, 1.807) is 30.5 Å². The summed E-state index contributed by atoms with van der Waals surface area (Å²) >= 11 is 0. The van der Waals surface area contributed by atoms with Crippen LogP contribution in [0.3, 0.4) is 0 Å². The number of hydrogen-bond acceptors (Lipinski definition) is 5. The second-order valence-electron chi connectivity index (χ2n) is 9.79. The molecule has 0 bridgehead atoms. The van der Waals surface area contributed by atoms with Crippen molar-refractivity contribution in [1.82, 2.24) is 20.9 Å². The molecule has 4 rings (SSSR count). The third-order valence-electron chi connectivity index (χ3n) is 6.71. The standard InChI is InChI=1S/C31H33N5O5/c32-24(15-20-9-3-1-4-10-20)29(38)34-19-28(37)35-26(17-22-18-33-25-14-8-7-13-23(22)25)30(39)36-27(31(40)41)16-21-11-5-2-6-12-21/h1-14,18,24,26-27,33H,15-17,19,32H2,(H,34,38)(H,35,37)(H,36,39)(H,40,41). The molecule has 3 aromatic carbocycles. The Kier molecular flexibility index (Phi) is 9.85. The van der Waals surface area contributed by atoms with Gasteiger partial charge in [-0.25, -0.2) is 4.79 Å². The van der Waals surface area contributed by atoms with E-state index >= 15 is 0 Å². The molecule has 3 unspecified atom stereocenters. The van der Waals surface area contributed by atoms with E-state index in [1.807, 2.05) is 60.7 Å². The number of aromatic amines is 1. The number of benzene rings is 3. The predicted octanol–water partition coefficient (Wildman–Crippen LogP) is 1.69. The Morgan fingerprint density at radius 2 is 1.34 bits per heavy atom. The van der Waals surface area contributed by atoms with Crippen LogP contribution in [0.5, 0.6) is 0 Å². The number of aromatic nitrogens is 1. The Morgan fingerprint density at radius 3 is 2.00 bits per heavy atom. The quantitative estimate of drug-likeness (QED) is 0.147. The normalized spacial score (nSPS) is 13.1. The van der Waals surface area contributed by atoms with Crippen molar-refractivity contribution in [3.8, 4) is 0 Å². The van der Waals surface area contributed by atoms with Crippen LogP contribution in [0.15, 0.2) is 91.1 Å². The second kappa shape index (κ2) is 13.9. The molecule has 0 spiro atoms. The van der Waals surface area contributed by atoms with Crippen molar-refractivity contribution >= 4 is 34.6 Å². The molecular formula is C31H33N5O5. The average molecular weight is 556 g/mol. The number of carbonyl (C=O) groups excluding carboxylic acids is 3. The third kappa shape index (κ3) is 8.26. The van der Waals surface area contributed by atoms with Gasteiger partial charge in [0.2, 0.25) is 17.7 Å². The van der Waals surface area contributed by atoms with Crippen molar-refractivity contribution in [1.29, 1.82) is 0 Å². The number of carboxylic acids is 1. The molecule has 0 aliphatic carbocycles. The predicted molar refractivity (Wildman–Crippen MR) is 155 cm³/mol. The van der Waals surface area contributed by atoms with E-state index in [4.69, 9.17) is 5.73 Å². The van der Waals surface area contributed by atoms with E-state index in [0.29, 0.717) is 6.42 Å². The smallest absolute Gasteiger partial charge is 0.326 e. The topological polar surface area (TPSA) is 166 Å². The van der Waals surface area contributed by atoms with Gasteiger partial charge in [0.25, 0.3) is 0 Å². The van der Waals surface area contributed by atoms with Gasteiger partial charge in [-0.05, 0) is 29.2 Å². The molecule has 0 radical (unpaired) electrons. The van der Waals surface area contributed by atoms with Crippen LogP contribution in [-0.4, -0.2) is 58.5 Å². The number of para-hydroxylation sites is 1.